The molecule has 0 amide bonds. The molecule has 1 saturated carbocycles. The molecule has 18 heavy (non-hydrogen) atoms. The van der Waals surface area contributed by atoms with E-state index in [1.807, 2.05) is 19.9 Å². The van der Waals surface area contributed by atoms with E-state index in [1.54, 1.807) is 18.2 Å². The highest BCUT2D eigenvalue weighted by Crippen LogP contribution is 2.32. The molecule has 100 valence electrons. The van der Waals surface area contributed by atoms with E-state index in [1.165, 1.54) is 0 Å². The number of sulfone groups is 1. The second kappa shape index (κ2) is 5.02. The summed E-state index contributed by atoms with van der Waals surface area (Å²) in [6.45, 7) is 3.92. The summed E-state index contributed by atoms with van der Waals surface area (Å²) in [6.07, 6.45) is 1.31. The molecule has 1 fully saturated rings. The van der Waals surface area contributed by atoms with Gasteiger partial charge in [0.05, 0.1) is 16.2 Å². The fourth-order valence-electron chi connectivity index (χ4n) is 2.61. The predicted molar refractivity (Wildman–Crippen MR) is 71.2 cm³/mol. The van der Waals surface area contributed by atoms with Gasteiger partial charge in [-0.05, 0) is 49.8 Å². The molecule has 3 unspecified atom stereocenters. The first-order valence-corrected chi connectivity index (χ1v) is 7.94. The van der Waals surface area contributed by atoms with Crippen LogP contribution >= 0.6 is 0 Å². The molecule has 1 aromatic rings. The fraction of sp³-hybridized carbons (Fsp3) is 0.571. The minimum atomic E-state index is -3.42. The molecule has 1 N–H and O–H groups in total. The first-order chi connectivity index (χ1) is 8.41. The summed E-state index contributed by atoms with van der Waals surface area (Å²) < 4.78 is 25.1. The van der Waals surface area contributed by atoms with Crippen molar-refractivity contribution in [2.45, 2.75) is 49.4 Å². The molecule has 0 aromatic heterocycles. The molecule has 1 aliphatic rings. The maximum Gasteiger partial charge on any atom is 0.183 e. The van der Waals surface area contributed by atoms with Crippen LogP contribution in [0.25, 0.3) is 0 Å². The lowest BCUT2D eigenvalue weighted by Crippen LogP contribution is -2.39. The molecule has 3 nitrogen and oxygen atoms in total. The third-order valence-corrected chi connectivity index (χ3v) is 5.95. The standard InChI is InChI=1S/C14H20O3S/c1-10-4-3-5-12(8-10)18(16,17)14-9-11(2)6-7-13(14)15/h3-5,8,11,13-15H,6-7,9H2,1-2H3. The molecule has 0 bridgehead atoms. The van der Waals surface area contributed by atoms with Crippen LogP contribution in [0.1, 0.15) is 31.7 Å². The molecule has 1 aliphatic carbocycles. The van der Waals surface area contributed by atoms with Gasteiger partial charge < -0.3 is 5.11 Å². The Hall–Kier alpha value is -0.870. The van der Waals surface area contributed by atoms with Crippen molar-refractivity contribution < 1.29 is 13.5 Å². The van der Waals surface area contributed by atoms with Gasteiger partial charge in [-0.1, -0.05) is 19.1 Å². The monoisotopic (exact) mass is 268 g/mol. The van der Waals surface area contributed by atoms with Gasteiger partial charge in [-0.3, -0.25) is 0 Å². The van der Waals surface area contributed by atoms with Gasteiger partial charge in [0.15, 0.2) is 9.84 Å². The highest BCUT2D eigenvalue weighted by Gasteiger charge is 2.37. The van der Waals surface area contributed by atoms with Crippen molar-refractivity contribution in [2.75, 3.05) is 0 Å². The zero-order valence-corrected chi connectivity index (χ0v) is 11.7. The smallest absolute Gasteiger partial charge is 0.183 e. The summed E-state index contributed by atoms with van der Waals surface area (Å²) in [6, 6.07) is 6.93. The average Bonchev–Trinajstić information content (AvgIpc) is 2.32. The van der Waals surface area contributed by atoms with Crippen LogP contribution in [0.2, 0.25) is 0 Å². The highest BCUT2D eigenvalue weighted by molar-refractivity contribution is 7.92. The van der Waals surface area contributed by atoms with Gasteiger partial charge in [0.1, 0.15) is 0 Å². The Kier molecular flexibility index (Phi) is 3.78. The van der Waals surface area contributed by atoms with E-state index in [0.29, 0.717) is 23.7 Å². The third kappa shape index (κ3) is 2.59. The Morgan fingerprint density at radius 3 is 2.67 bits per heavy atom. The molecular formula is C14H20O3S. The van der Waals surface area contributed by atoms with Crippen LogP contribution in [-0.2, 0) is 9.84 Å². The molecule has 0 spiro atoms. The van der Waals surface area contributed by atoms with E-state index in [4.69, 9.17) is 0 Å². The molecule has 4 heteroatoms. The van der Waals surface area contributed by atoms with Gasteiger partial charge in [0.25, 0.3) is 0 Å². The molecule has 2 rings (SSSR count). The molecular weight excluding hydrogens is 248 g/mol. The van der Waals surface area contributed by atoms with Crippen LogP contribution in [0.4, 0.5) is 0 Å². The summed E-state index contributed by atoms with van der Waals surface area (Å²) >= 11 is 0. The Morgan fingerprint density at radius 1 is 1.28 bits per heavy atom. The number of benzene rings is 1. The van der Waals surface area contributed by atoms with E-state index in [0.717, 1.165) is 12.0 Å². The maximum atomic E-state index is 12.5. The maximum absolute atomic E-state index is 12.5. The quantitative estimate of drug-likeness (QED) is 0.895. The van der Waals surface area contributed by atoms with Crippen molar-refractivity contribution in [1.82, 2.24) is 0 Å². The van der Waals surface area contributed by atoms with Gasteiger partial charge in [0, 0.05) is 0 Å². The first-order valence-electron chi connectivity index (χ1n) is 6.40. The number of aryl methyl sites for hydroxylation is 1. The van der Waals surface area contributed by atoms with Crippen molar-refractivity contribution >= 4 is 9.84 Å². The van der Waals surface area contributed by atoms with Crippen molar-refractivity contribution in [1.29, 1.82) is 0 Å². The lowest BCUT2D eigenvalue weighted by Gasteiger charge is -2.31. The normalized spacial score (nSPS) is 29.2. The minimum absolute atomic E-state index is 0.334. The van der Waals surface area contributed by atoms with Gasteiger partial charge in [0.2, 0.25) is 0 Å². The number of hydrogen-bond donors (Lipinski definition) is 1. The van der Waals surface area contributed by atoms with Crippen LogP contribution in [0.5, 0.6) is 0 Å². The second-order valence-electron chi connectivity index (χ2n) is 5.39. The van der Waals surface area contributed by atoms with E-state index in [2.05, 4.69) is 0 Å². The zero-order chi connectivity index (χ0) is 13.3. The van der Waals surface area contributed by atoms with Crippen LogP contribution < -0.4 is 0 Å². The molecule has 0 radical (unpaired) electrons. The van der Waals surface area contributed by atoms with E-state index >= 15 is 0 Å². The van der Waals surface area contributed by atoms with Gasteiger partial charge >= 0.3 is 0 Å². The number of rotatable bonds is 2. The Balaban J connectivity index is 2.35. The summed E-state index contributed by atoms with van der Waals surface area (Å²) in [5.74, 6) is 0.359. The summed E-state index contributed by atoms with van der Waals surface area (Å²) in [4.78, 5) is 0.334. The summed E-state index contributed by atoms with van der Waals surface area (Å²) in [7, 11) is -3.42. The Bertz CT molecular complexity index is 522. The predicted octanol–water partition coefficient (Wildman–Crippen LogP) is 2.32. The van der Waals surface area contributed by atoms with Gasteiger partial charge in [-0.25, -0.2) is 8.42 Å². The van der Waals surface area contributed by atoms with Crippen molar-refractivity contribution in [3.63, 3.8) is 0 Å². The minimum Gasteiger partial charge on any atom is -0.392 e. The Labute approximate surface area is 109 Å². The van der Waals surface area contributed by atoms with Crippen molar-refractivity contribution in [2.24, 2.45) is 5.92 Å². The number of aliphatic hydroxyl groups excluding tert-OH is 1. The van der Waals surface area contributed by atoms with Crippen LogP contribution in [0.15, 0.2) is 29.2 Å². The Morgan fingerprint density at radius 2 is 2.00 bits per heavy atom. The van der Waals surface area contributed by atoms with Gasteiger partial charge in [-0.15, -0.1) is 0 Å². The third-order valence-electron chi connectivity index (χ3n) is 3.74. The summed E-state index contributed by atoms with van der Waals surface area (Å²) in [5.41, 5.74) is 0.925. The van der Waals surface area contributed by atoms with E-state index in [-0.39, 0.29) is 0 Å². The lowest BCUT2D eigenvalue weighted by atomic mass is 9.88. The van der Waals surface area contributed by atoms with Gasteiger partial charge in [-0.2, -0.15) is 0 Å². The van der Waals surface area contributed by atoms with Crippen molar-refractivity contribution in [3.8, 4) is 0 Å². The second-order valence-corrected chi connectivity index (χ2v) is 7.55. The average molecular weight is 268 g/mol. The molecule has 0 saturated heterocycles. The fourth-order valence-corrected chi connectivity index (χ4v) is 4.71. The number of aliphatic hydroxyl groups is 1. The molecule has 0 heterocycles. The highest BCUT2D eigenvalue weighted by atomic mass is 32.2. The molecule has 1 aromatic carbocycles. The zero-order valence-electron chi connectivity index (χ0n) is 10.8. The lowest BCUT2D eigenvalue weighted by molar-refractivity contribution is 0.116. The number of hydrogen-bond acceptors (Lipinski definition) is 3. The molecule has 3 atom stereocenters. The van der Waals surface area contributed by atoms with Crippen molar-refractivity contribution in [3.05, 3.63) is 29.8 Å². The largest absolute Gasteiger partial charge is 0.392 e. The van der Waals surface area contributed by atoms with Crippen LogP contribution in [0.3, 0.4) is 0 Å². The van der Waals surface area contributed by atoms with E-state index in [9.17, 15) is 13.5 Å². The SMILES string of the molecule is Cc1cccc(S(=O)(=O)C2CC(C)CCC2O)c1. The van der Waals surface area contributed by atoms with E-state index < -0.39 is 21.2 Å². The topological polar surface area (TPSA) is 54.4 Å². The van der Waals surface area contributed by atoms with Crippen LogP contribution in [0, 0.1) is 12.8 Å². The summed E-state index contributed by atoms with van der Waals surface area (Å²) in [5, 5.41) is 9.32. The first kappa shape index (κ1) is 13.6. The molecule has 0 aliphatic heterocycles. The van der Waals surface area contributed by atoms with Crippen LogP contribution in [-0.4, -0.2) is 24.9 Å².